The lowest BCUT2D eigenvalue weighted by atomic mass is 10.2. The first-order chi connectivity index (χ1) is 11.0. The van der Waals surface area contributed by atoms with Gasteiger partial charge in [-0.2, -0.15) is 5.10 Å². The van der Waals surface area contributed by atoms with Crippen LogP contribution in [0, 0.1) is 19.7 Å². The molecule has 1 N–H and O–H groups in total. The van der Waals surface area contributed by atoms with E-state index < -0.39 is 0 Å². The molecule has 0 saturated carbocycles. The quantitative estimate of drug-likeness (QED) is 0.807. The summed E-state index contributed by atoms with van der Waals surface area (Å²) in [6.45, 7) is 3.87. The van der Waals surface area contributed by atoms with Crippen LogP contribution in [0.5, 0.6) is 0 Å². The van der Waals surface area contributed by atoms with Gasteiger partial charge in [-0.3, -0.25) is 4.79 Å². The number of pyridine rings is 1. The zero-order chi connectivity index (χ0) is 16.4. The first kappa shape index (κ1) is 14.9. The number of aryl methyl sites for hydroxylation is 2. The second-order valence-electron chi connectivity index (χ2n) is 5.20. The van der Waals surface area contributed by atoms with Gasteiger partial charge in [0.25, 0.3) is 5.91 Å². The van der Waals surface area contributed by atoms with Gasteiger partial charge in [-0.25, -0.2) is 14.1 Å². The van der Waals surface area contributed by atoms with E-state index in [1.54, 1.807) is 23.0 Å². The number of hydrogen-bond donors (Lipinski definition) is 1. The van der Waals surface area contributed by atoms with Gasteiger partial charge in [0, 0.05) is 11.3 Å². The predicted molar refractivity (Wildman–Crippen MR) is 85.2 cm³/mol. The molecular formula is C17H15FN4O. The normalized spacial score (nSPS) is 10.6. The number of hydrogen-bond acceptors (Lipinski definition) is 3. The van der Waals surface area contributed by atoms with Crippen LogP contribution in [0.3, 0.4) is 0 Å². The molecule has 3 rings (SSSR count). The van der Waals surface area contributed by atoms with Crippen molar-refractivity contribution in [2.75, 3.05) is 5.32 Å². The van der Waals surface area contributed by atoms with E-state index in [0.29, 0.717) is 17.1 Å². The highest BCUT2D eigenvalue weighted by Crippen LogP contribution is 2.14. The summed E-state index contributed by atoms with van der Waals surface area (Å²) in [7, 11) is 0. The molecule has 2 heterocycles. The van der Waals surface area contributed by atoms with E-state index in [4.69, 9.17) is 0 Å². The number of nitrogens with zero attached hydrogens (tertiary/aromatic N) is 3. The second kappa shape index (κ2) is 6.00. The summed E-state index contributed by atoms with van der Waals surface area (Å²) < 4.78 is 14.6. The maximum Gasteiger partial charge on any atom is 0.255 e. The van der Waals surface area contributed by atoms with E-state index in [1.165, 1.54) is 24.3 Å². The Bertz CT molecular complexity index is 838. The minimum absolute atomic E-state index is 0.314. The number of nitrogens with one attached hydrogen (secondary N) is 1. The molecule has 0 bridgehead atoms. The molecule has 0 aliphatic rings. The van der Waals surface area contributed by atoms with E-state index in [0.717, 1.165) is 11.4 Å². The maximum atomic E-state index is 12.9. The zero-order valence-electron chi connectivity index (χ0n) is 12.7. The van der Waals surface area contributed by atoms with Gasteiger partial charge in [-0.15, -0.1) is 0 Å². The van der Waals surface area contributed by atoms with Crippen molar-refractivity contribution in [3.8, 4) is 5.82 Å². The van der Waals surface area contributed by atoms with Crippen molar-refractivity contribution in [1.82, 2.24) is 14.8 Å². The Morgan fingerprint density at radius 3 is 2.43 bits per heavy atom. The molecule has 5 nitrogen and oxygen atoms in total. The van der Waals surface area contributed by atoms with Crippen molar-refractivity contribution in [3.05, 3.63) is 71.4 Å². The Hall–Kier alpha value is -3.02. The molecule has 0 fully saturated rings. The molecule has 3 aromatic rings. The number of rotatable bonds is 3. The fourth-order valence-electron chi connectivity index (χ4n) is 2.25. The van der Waals surface area contributed by atoms with E-state index in [1.807, 2.05) is 19.9 Å². The predicted octanol–water partition coefficient (Wildman–Crippen LogP) is 3.28. The Kier molecular flexibility index (Phi) is 3.89. The van der Waals surface area contributed by atoms with Crippen LogP contribution in [-0.2, 0) is 0 Å². The molecule has 0 unspecified atom stereocenters. The molecule has 6 heteroatoms. The third kappa shape index (κ3) is 3.26. The van der Waals surface area contributed by atoms with Crippen LogP contribution < -0.4 is 5.32 Å². The lowest BCUT2D eigenvalue weighted by Gasteiger charge is -2.07. The molecule has 116 valence electrons. The van der Waals surface area contributed by atoms with Crippen LogP contribution in [0.25, 0.3) is 5.82 Å². The molecule has 23 heavy (non-hydrogen) atoms. The molecular weight excluding hydrogens is 295 g/mol. The molecule has 0 aliphatic carbocycles. The van der Waals surface area contributed by atoms with Crippen LogP contribution >= 0.6 is 0 Å². The lowest BCUT2D eigenvalue weighted by Crippen LogP contribution is -2.12. The SMILES string of the molecule is Cc1cc(C)n(-c2ccc(NC(=O)c3ccc(F)cc3)cn2)n1. The number of amides is 1. The summed E-state index contributed by atoms with van der Waals surface area (Å²) in [5.41, 5.74) is 2.84. The number of benzene rings is 1. The van der Waals surface area contributed by atoms with Crippen LogP contribution in [0.2, 0.25) is 0 Å². The maximum absolute atomic E-state index is 12.9. The Morgan fingerprint density at radius 1 is 1.13 bits per heavy atom. The standard InChI is InChI=1S/C17H15FN4O/c1-11-9-12(2)22(21-11)16-8-7-15(10-19-16)20-17(23)13-3-5-14(18)6-4-13/h3-10H,1-2H3,(H,20,23). The summed E-state index contributed by atoms with van der Waals surface area (Å²) in [5.74, 6) is -0.0153. The highest BCUT2D eigenvalue weighted by molar-refractivity contribution is 6.04. The monoisotopic (exact) mass is 310 g/mol. The summed E-state index contributed by atoms with van der Waals surface area (Å²) >= 11 is 0. The van der Waals surface area contributed by atoms with Crippen LogP contribution in [-0.4, -0.2) is 20.7 Å². The minimum atomic E-state index is -0.377. The van der Waals surface area contributed by atoms with Crippen molar-refractivity contribution >= 4 is 11.6 Å². The zero-order valence-corrected chi connectivity index (χ0v) is 12.7. The van der Waals surface area contributed by atoms with Crippen LogP contribution in [0.1, 0.15) is 21.7 Å². The highest BCUT2D eigenvalue weighted by atomic mass is 19.1. The number of carbonyl (C=O) groups is 1. The lowest BCUT2D eigenvalue weighted by molar-refractivity contribution is 0.102. The molecule has 1 aromatic carbocycles. The van der Waals surface area contributed by atoms with Gasteiger partial charge < -0.3 is 5.32 Å². The summed E-state index contributed by atoms with van der Waals surface area (Å²) in [6, 6.07) is 10.9. The van der Waals surface area contributed by atoms with Gasteiger partial charge in [0.05, 0.1) is 17.6 Å². The fourth-order valence-corrected chi connectivity index (χ4v) is 2.25. The Balaban J connectivity index is 1.76. The minimum Gasteiger partial charge on any atom is -0.321 e. The number of halogens is 1. The summed E-state index contributed by atoms with van der Waals surface area (Å²) in [5, 5.41) is 7.08. The van der Waals surface area contributed by atoms with Gasteiger partial charge in [0.1, 0.15) is 5.82 Å². The van der Waals surface area contributed by atoms with Crippen molar-refractivity contribution in [3.63, 3.8) is 0 Å². The molecule has 0 atom stereocenters. The van der Waals surface area contributed by atoms with Gasteiger partial charge >= 0.3 is 0 Å². The number of aromatic nitrogens is 3. The number of carbonyl (C=O) groups excluding carboxylic acids is 1. The van der Waals surface area contributed by atoms with E-state index in [-0.39, 0.29) is 11.7 Å². The largest absolute Gasteiger partial charge is 0.321 e. The van der Waals surface area contributed by atoms with Gasteiger partial charge in [0.2, 0.25) is 0 Å². The third-order valence-corrected chi connectivity index (χ3v) is 3.34. The van der Waals surface area contributed by atoms with Crippen molar-refractivity contribution in [2.45, 2.75) is 13.8 Å². The third-order valence-electron chi connectivity index (χ3n) is 3.34. The van der Waals surface area contributed by atoms with Gasteiger partial charge in [0.15, 0.2) is 5.82 Å². The van der Waals surface area contributed by atoms with Crippen molar-refractivity contribution < 1.29 is 9.18 Å². The van der Waals surface area contributed by atoms with E-state index in [9.17, 15) is 9.18 Å². The molecule has 0 spiro atoms. The van der Waals surface area contributed by atoms with E-state index >= 15 is 0 Å². The smallest absolute Gasteiger partial charge is 0.255 e. The topological polar surface area (TPSA) is 59.8 Å². The molecule has 2 aromatic heterocycles. The fraction of sp³-hybridized carbons (Fsp3) is 0.118. The highest BCUT2D eigenvalue weighted by Gasteiger charge is 2.08. The van der Waals surface area contributed by atoms with Gasteiger partial charge in [-0.1, -0.05) is 0 Å². The first-order valence-corrected chi connectivity index (χ1v) is 7.09. The van der Waals surface area contributed by atoms with Crippen molar-refractivity contribution in [1.29, 1.82) is 0 Å². The molecule has 0 radical (unpaired) electrons. The molecule has 0 saturated heterocycles. The summed E-state index contributed by atoms with van der Waals surface area (Å²) in [6.07, 6.45) is 1.56. The first-order valence-electron chi connectivity index (χ1n) is 7.09. The summed E-state index contributed by atoms with van der Waals surface area (Å²) in [4.78, 5) is 16.4. The molecule has 1 amide bonds. The van der Waals surface area contributed by atoms with E-state index in [2.05, 4.69) is 15.4 Å². The average molecular weight is 310 g/mol. The average Bonchev–Trinajstić information content (AvgIpc) is 2.87. The Morgan fingerprint density at radius 2 is 1.87 bits per heavy atom. The van der Waals surface area contributed by atoms with Crippen LogP contribution in [0.15, 0.2) is 48.7 Å². The Labute approximate surface area is 132 Å². The number of anilines is 1. The van der Waals surface area contributed by atoms with Crippen molar-refractivity contribution in [2.24, 2.45) is 0 Å². The van der Waals surface area contributed by atoms with Gasteiger partial charge in [-0.05, 0) is 56.3 Å². The second-order valence-corrected chi connectivity index (χ2v) is 5.20. The molecule has 0 aliphatic heterocycles. The van der Waals surface area contributed by atoms with Crippen LogP contribution in [0.4, 0.5) is 10.1 Å².